The monoisotopic (exact) mass is 563 g/mol. The maximum atomic E-state index is 16.1. The molecule has 1 atom stereocenters. The highest BCUT2D eigenvalue weighted by molar-refractivity contribution is 6.01. The Labute approximate surface area is 237 Å². The molecule has 216 valence electrons. The second-order valence-electron chi connectivity index (χ2n) is 12.2. The molecular formula is C31H35F2N5O3. The van der Waals surface area contributed by atoms with E-state index < -0.39 is 36.1 Å². The number of rotatable bonds is 7. The highest BCUT2D eigenvalue weighted by Crippen LogP contribution is 2.37. The van der Waals surface area contributed by atoms with Gasteiger partial charge in [-0.3, -0.25) is 4.79 Å². The van der Waals surface area contributed by atoms with Crippen molar-refractivity contribution in [1.82, 2.24) is 24.3 Å². The summed E-state index contributed by atoms with van der Waals surface area (Å²) >= 11 is 0. The standard InChI is InChI=1S/C31H35F2N5O3/c1-31(2,3)41-30(40)34-20(15-32)17-37-12-11-21-22(29(37)39)14-23-27(26(21)33)36(4)28(35-23)25-13-19-7-5-6-8-24(19)38(25)16-18-9-10-18/h5-8,13-14,18,20H,9-12,15-17H2,1-4H3,(H,34,40)/t20-/m1/s1. The zero-order valence-electron chi connectivity index (χ0n) is 23.8. The van der Waals surface area contributed by atoms with Gasteiger partial charge in [0.05, 0.1) is 17.3 Å². The van der Waals surface area contributed by atoms with Gasteiger partial charge in [0.2, 0.25) is 0 Å². The van der Waals surface area contributed by atoms with Gasteiger partial charge < -0.3 is 24.1 Å². The highest BCUT2D eigenvalue weighted by Gasteiger charge is 2.32. The second-order valence-corrected chi connectivity index (χ2v) is 12.2. The minimum Gasteiger partial charge on any atom is -0.444 e. The average Bonchev–Trinajstić information content (AvgIpc) is 3.58. The molecule has 1 saturated carbocycles. The molecule has 4 aromatic rings. The summed E-state index contributed by atoms with van der Waals surface area (Å²) in [6, 6.07) is 11.0. The normalized spacial score (nSPS) is 16.3. The highest BCUT2D eigenvalue weighted by atomic mass is 19.1. The lowest BCUT2D eigenvalue weighted by molar-refractivity contribution is 0.0465. The van der Waals surface area contributed by atoms with Gasteiger partial charge in [0.1, 0.15) is 17.8 Å². The Morgan fingerprint density at radius 1 is 1.22 bits per heavy atom. The summed E-state index contributed by atoms with van der Waals surface area (Å²) in [5.74, 6) is 0.406. The Hall–Kier alpha value is -3.95. The molecule has 1 aliphatic carbocycles. The van der Waals surface area contributed by atoms with Crippen molar-refractivity contribution in [3.8, 4) is 11.5 Å². The fourth-order valence-corrected chi connectivity index (χ4v) is 5.75. The maximum Gasteiger partial charge on any atom is 0.408 e. The number of ether oxygens (including phenoxy) is 1. The van der Waals surface area contributed by atoms with Gasteiger partial charge >= 0.3 is 6.09 Å². The Balaban J connectivity index is 1.32. The molecule has 8 nitrogen and oxygen atoms in total. The molecule has 0 radical (unpaired) electrons. The molecule has 41 heavy (non-hydrogen) atoms. The molecule has 3 heterocycles. The third-order valence-electron chi connectivity index (χ3n) is 7.88. The number of hydrogen-bond donors (Lipinski definition) is 1. The van der Waals surface area contributed by atoms with Gasteiger partial charge in [-0.1, -0.05) is 18.2 Å². The smallest absolute Gasteiger partial charge is 0.408 e. The molecule has 10 heteroatoms. The number of fused-ring (bicyclic) bond motifs is 3. The van der Waals surface area contributed by atoms with Gasteiger partial charge in [0, 0.05) is 48.7 Å². The molecule has 0 saturated heterocycles. The van der Waals surface area contributed by atoms with E-state index in [4.69, 9.17) is 9.72 Å². The number of carbonyl (C=O) groups is 2. The molecule has 1 aliphatic heterocycles. The van der Waals surface area contributed by atoms with Crippen LogP contribution < -0.4 is 5.32 Å². The fourth-order valence-electron chi connectivity index (χ4n) is 5.75. The predicted octanol–water partition coefficient (Wildman–Crippen LogP) is 5.61. The molecule has 2 aromatic carbocycles. The number of alkyl halides is 1. The number of alkyl carbamates (subject to hydrolysis) is 1. The van der Waals surface area contributed by atoms with Crippen LogP contribution in [-0.2, 0) is 24.8 Å². The Kier molecular flexibility index (Phi) is 6.74. The van der Waals surface area contributed by atoms with E-state index >= 15 is 4.39 Å². The number of nitrogens with one attached hydrogen (secondary N) is 1. The van der Waals surface area contributed by atoms with Crippen molar-refractivity contribution >= 4 is 33.9 Å². The molecule has 0 spiro atoms. The quantitative estimate of drug-likeness (QED) is 0.317. The molecule has 2 aromatic heterocycles. The fraction of sp³-hybridized carbons (Fsp3) is 0.452. The number of halogens is 2. The van der Waals surface area contributed by atoms with Crippen LogP contribution >= 0.6 is 0 Å². The maximum absolute atomic E-state index is 16.1. The van der Waals surface area contributed by atoms with Gasteiger partial charge in [-0.25, -0.2) is 18.6 Å². The van der Waals surface area contributed by atoms with Crippen LogP contribution in [0.4, 0.5) is 13.6 Å². The van der Waals surface area contributed by atoms with Gasteiger partial charge in [-0.15, -0.1) is 0 Å². The van der Waals surface area contributed by atoms with Crippen molar-refractivity contribution in [2.24, 2.45) is 13.0 Å². The number of benzene rings is 2. The molecule has 2 aliphatic rings. The lowest BCUT2D eigenvalue weighted by Crippen LogP contribution is -2.50. The Morgan fingerprint density at radius 3 is 2.68 bits per heavy atom. The first-order valence-corrected chi connectivity index (χ1v) is 14.1. The predicted molar refractivity (Wildman–Crippen MR) is 153 cm³/mol. The molecule has 6 rings (SSSR count). The number of amides is 2. The van der Waals surface area contributed by atoms with Gasteiger partial charge in [-0.05, 0) is 64.2 Å². The Bertz CT molecular complexity index is 1660. The lowest BCUT2D eigenvalue weighted by atomic mass is 9.97. The van der Waals surface area contributed by atoms with E-state index in [1.165, 1.54) is 17.7 Å². The zero-order chi connectivity index (χ0) is 29.1. The summed E-state index contributed by atoms with van der Waals surface area (Å²) in [5, 5.41) is 3.60. The van der Waals surface area contributed by atoms with E-state index in [0.29, 0.717) is 28.3 Å². The summed E-state index contributed by atoms with van der Waals surface area (Å²) in [6.07, 6.45) is 1.92. The van der Waals surface area contributed by atoms with Crippen molar-refractivity contribution in [2.75, 3.05) is 19.8 Å². The van der Waals surface area contributed by atoms with Crippen LogP contribution in [0.5, 0.6) is 0 Å². The van der Waals surface area contributed by atoms with Crippen LogP contribution in [0.15, 0.2) is 36.4 Å². The van der Waals surface area contributed by atoms with Crippen LogP contribution in [0.2, 0.25) is 0 Å². The number of carbonyl (C=O) groups excluding carboxylic acids is 2. The van der Waals surface area contributed by atoms with E-state index in [0.717, 1.165) is 23.1 Å². The topological polar surface area (TPSA) is 81.4 Å². The minimum atomic E-state index is -0.946. The minimum absolute atomic E-state index is 0.0532. The molecule has 1 fully saturated rings. The summed E-state index contributed by atoms with van der Waals surface area (Å²) in [6.45, 7) is 5.31. The summed E-state index contributed by atoms with van der Waals surface area (Å²) in [7, 11) is 1.81. The number of imidazole rings is 1. The molecular weight excluding hydrogens is 528 g/mol. The first kappa shape index (κ1) is 27.2. The van der Waals surface area contributed by atoms with E-state index in [9.17, 15) is 14.0 Å². The van der Waals surface area contributed by atoms with Crippen molar-refractivity contribution < 1.29 is 23.1 Å². The van der Waals surface area contributed by atoms with Gasteiger partial charge in [0.25, 0.3) is 5.91 Å². The lowest BCUT2D eigenvalue weighted by Gasteiger charge is -2.32. The third kappa shape index (κ3) is 5.15. The van der Waals surface area contributed by atoms with E-state index in [1.54, 1.807) is 31.4 Å². The number of aromatic nitrogens is 3. The zero-order valence-corrected chi connectivity index (χ0v) is 23.8. The SMILES string of the molecule is Cn1c(-c2cc3ccccc3n2CC2CC2)nc2cc3c(c(F)c21)CCN(C[C@@H](CF)NC(=O)OC(C)(C)C)C3=O. The first-order chi connectivity index (χ1) is 19.5. The van der Waals surface area contributed by atoms with E-state index in [1.807, 2.05) is 19.2 Å². The molecule has 1 N–H and O–H groups in total. The summed E-state index contributed by atoms with van der Waals surface area (Å²) in [5.41, 5.74) is 2.61. The second kappa shape index (κ2) is 10.2. The summed E-state index contributed by atoms with van der Waals surface area (Å²) < 4.78 is 39.2. The number of nitrogens with zero attached hydrogens (tertiary/aromatic N) is 4. The van der Waals surface area contributed by atoms with Crippen LogP contribution in [0.1, 0.15) is 49.5 Å². The largest absolute Gasteiger partial charge is 0.444 e. The van der Waals surface area contributed by atoms with Crippen LogP contribution in [-0.4, -0.2) is 62.4 Å². The van der Waals surface area contributed by atoms with Crippen LogP contribution in [0, 0.1) is 11.7 Å². The van der Waals surface area contributed by atoms with Crippen molar-refractivity contribution in [3.05, 3.63) is 53.3 Å². The van der Waals surface area contributed by atoms with E-state index in [2.05, 4.69) is 28.1 Å². The number of para-hydroxylation sites is 1. The Morgan fingerprint density at radius 2 is 1.98 bits per heavy atom. The molecule has 0 bridgehead atoms. The number of aryl methyl sites for hydroxylation is 1. The van der Waals surface area contributed by atoms with Crippen LogP contribution in [0.25, 0.3) is 33.5 Å². The van der Waals surface area contributed by atoms with Gasteiger partial charge in [-0.2, -0.15) is 0 Å². The average molecular weight is 564 g/mol. The number of hydrogen-bond acceptors (Lipinski definition) is 4. The molecule has 0 unspecified atom stereocenters. The van der Waals surface area contributed by atoms with E-state index in [-0.39, 0.29) is 25.1 Å². The molecule has 2 amide bonds. The van der Waals surface area contributed by atoms with Crippen molar-refractivity contribution in [1.29, 1.82) is 0 Å². The van der Waals surface area contributed by atoms with Crippen molar-refractivity contribution in [2.45, 2.75) is 58.2 Å². The first-order valence-electron chi connectivity index (χ1n) is 14.1. The third-order valence-corrected chi connectivity index (χ3v) is 7.88. The van der Waals surface area contributed by atoms with Crippen molar-refractivity contribution in [3.63, 3.8) is 0 Å². The van der Waals surface area contributed by atoms with Crippen LogP contribution in [0.3, 0.4) is 0 Å². The van der Waals surface area contributed by atoms with Gasteiger partial charge in [0.15, 0.2) is 11.6 Å². The summed E-state index contributed by atoms with van der Waals surface area (Å²) in [4.78, 5) is 32.0.